The summed E-state index contributed by atoms with van der Waals surface area (Å²) >= 11 is 0. The summed E-state index contributed by atoms with van der Waals surface area (Å²) in [6.07, 6.45) is 0.666. The van der Waals surface area contributed by atoms with Crippen molar-refractivity contribution in [2.24, 2.45) is 5.16 Å². The molecule has 0 unspecified atom stereocenters. The quantitative estimate of drug-likeness (QED) is 0.677. The Morgan fingerprint density at radius 2 is 2.00 bits per heavy atom. The molecule has 0 fully saturated rings. The Hall–Kier alpha value is -3.09. The van der Waals surface area contributed by atoms with Crippen molar-refractivity contribution < 1.29 is 23.5 Å². The average Bonchev–Trinajstić information content (AvgIpc) is 3.20. The summed E-state index contributed by atoms with van der Waals surface area (Å²) in [6, 6.07) is 11.8. The summed E-state index contributed by atoms with van der Waals surface area (Å²) in [5.41, 5.74) is 2.40. The normalized spacial score (nSPS) is 15.4. The topological polar surface area (TPSA) is 60.4 Å². The maximum Gasteiger partial charge on any atom is 0.222 e. The van der Waals surface area contributed by atoms with Crippen LogP contribution in [0.5, 0.6) is 11.5 Å². The minimum absolute atomic E-state index is 0.0163. The molecule has 0 N–H and O–H groups in total. The van der Waals surface area contributed by atoms with Gasteiger partial charge in [-0.15, -0.1) is 0 Å². The van der Waals surface area contributed by atoms with Crippen molar-refractivity contribution >= 4 is 11.6 Å². The molecular formula is C22H25FN2O4. The van der Waals surface area contributed by atoms with E-state index in [1.165, 1.54) is 12.1 Å². The lowest BCUT2D eigenvalue weighted by molar-refractivity contribution is -0.133. The number of hydrogen-bond acceptors (Lipinski definition) is 5. The molecule has 7 heteroatoms. The van der Waals surface area contributed by atoms with E-state index in [0.29, 0.717) is 37.4 Å². The Morgan fingerprint density at radius 1 is 1.21 bits per heavy atom. The summed E-state index contributed by atoms with van der Waals surface area (Å²) in [7, 11) is 3.17. The van der Waals surface area contributed by atoms with Gasteiger partial charge in [0, 0.05) is 24.9 Å². The minimum Gasteiger partial charge on any atom is -0.493 e. The number of ether oxygens (including phenoxy) is 2. The molecule has 1 aliphatic rings. The number of hydrogen-bond donors (Lipinski definition) is 0. The van der Waals surface area contributed by atoms with Gasteiger partial charge < -0.3 is 19.2 Å². The molecule has 1 amide bonds. The number of methoxy groups -OCH3 is 2. The molecule has 0 aromatic heterocycles. The van der Waals surface area contributed by atoms with E-state index in [1.54, 1.807) is 31.3 Å². The fraction of sp³-hybridized carbons (Fsp3) is 0.364. The lowest BCUT2D eigenvalue weighted by Gasteiger charge is -2.24. The van der Waals surface area contributed by atoms with E-state index >= 15 is 0 Å². The number of carbonyl (C=O) groups excluding carboxylic acids is 1. The highest BCUT2D eigenvalue weighted by Crippen LogP contribution is 2.29. The first-order valence-electron chi connectivity index (χ1n) is 9.51. The van der Waals surface area contributed by atoms with Crippen LogP contribution in [-0.2, 0) is 16.2 Å². The number of carbonyl (C=O) groups is 1. The molecule has 1 aliphatic heterocycles. The van der Waals surface area contributed by atoms with Crippen molar-refractivity contribution in [3.8, 4) is 11.5 Å². The number of rotatable bonds is 8. The molecule has 0 aliphatic carbocycles. The van der Waals surface area contributed by atoms with Crippen LogP contribution in [0.25, 0.3) is 0 Å². The summed E-state index contributed by atoms with van der Waals surface area (Å²) in [4.78, 5) is 19.7. The van der Waals surface area contributed by atoms with Gasteiger partial charge in [-0.25, -0.2) is 4.39 Å². The molecule has 2 aromatic carbocycles. The van der Waals surface area contributed by atoms with Gasteiger partial charge in [0.15, 0.2) is 17.6 Å². The van der Waals surface area contributed by atoms with Crippen molar-refractivity contribution in [1.82, 2.24) is 4.90 Å². The first-order valence-corrected chi connectivity index (χ1v) is 9.51. The first kappa shape index (κ1) is 20.6. The summed E-state index contributed by atoms with van der Waals surface area (Å²) in [5, 5.41) is 4.20. The minimum atomic E-state index is -0.317. The van der Waals surface area contributed by atoms with Crippen LogP contribution >= 0.6 is 0 Å². The molecule has 29 heavy (non-hydrogen) atoms. The van der Waals surface area contributed by atoms with Crippen molar-refractivity contribution in [2.75, 3.05) is 20.8 Å². The van der Waals surface area contributed by atoms with E-state index in [1.807, 2.05) is 25.1 Å². The van der Waals surface area contributed by atoms with Gasteiger partial charge in [0.05, 0.1) is 26.5 Å². The molecule has 2 aromatic rings. The Bertz CT molecular complexity index is 900. The van der Waals surface area contributed by atoms with E-state index in [2.05, 4.69) is 5.16 Å². The monoisotopic (exact) mass is 400 g/mol. The van der Waals surface area contributed by atoms with Crippen LogP contribution < -0.4 is 9.47 Å². The van der Waals surface area contributed by atoms with Gasteiger partial charge in [0.2, 0.25) is 5.91 Å². The number of benzene rings is 2. The van der Waals surface area contributed by atoms with Crippen LogP contribution in [-0.4, -0.2) is 43.4 Å². The standard InChI is InChI=1S/C22H25FN2O4/c1-4-22(26)25(13-15-6-5-7-17(23)10-15)14-18-12-19(24-29-18)16-8-9-20(27-2)21(11-16)28-3/h5-11,18H,4,12-14H2,1-3H3/t18-/m1/s1. The lowest BCUT2D eigenvalue weighted by atomic mass is 10.0. The van der Waals surface area contributed by atoms with Gasteiger partial charge in [-0.2, -0.15) is 0 Å². The second kappa shape index (κ2) is 9.41. The third kappa shape index (κ3) is 5.04. The van der Waals surface area contributed by atoms with E-state index in [0.717, 1.165) is 16.8 Å². The predicted molar refractivity (Wildman–Crippen MR) is 108 cm³/mol. The highest BCUT2D eigenvalue weighted by molar-refractivity contribution is 6.01. The summed E-state index contributed by atoms with van der Waals surface area (Å²) in [6.45, 7) is 2.52. The molecule has 0 spiro atoms. The van der Waals surface area contributed by atoms with Gasteiger partial charge in [-0.05, 0) is 35.9 Å². The zero-order valence-electron chi connectivity index (χ0n) is 16.9. The van der Waals surface area contributed by atoms with Crippen molar-refractivity contribution in [2.45, 2.75) is 32.4 Å². The van der Waals surface area contributed by atoms with Gasteiger partial charge in [-0.3, -0.25) is 4.79 Å². The molecule has 0 saturated carbocycles. The second-order valence-corrected chi connectivity index (χ2v) is 6.80. The Balaban J connectivity index is 1.68. The molecular weight excluding hydrogens is 375 g/mol. The Morgan fingerprint density at radius 3 is 2.69 bits per heavy atom. The van der Waals surface area contributed by atoms with E-state index in [-0.39, 0.29) is 17.8 Å². The van der Waals surface area contributed by atoms with E-state index in [4.69, 9.17) is 14.3 Å². The molecule has 0 saturated heterocycles. The maximum atomic E-state index is 13.5. The number of halogens is 1. The number of nitrogens with zero attached hydrogens (tertiary/aromatic N) is 2. The van der Waals surface area contributed by atoms with Crippen LogP contribution in [0.2, 0.25) is 0 Å². The van der Waals surface area contributed by atoms with Crippen LogP contribution in [0.4, 0.5) is 4.39 Å². The SMILES string of the molecule is CCC(=O)N(Cc1cccc(F)c1)C[C@H]1CC(c2ccc(OC)c(OC)c2)=NO1. The molecule has 154 valence electrons. The molecule has 0 bridgehead atoms. The van der Waals surface area contributed by atoms with Crippen LogP contribution in [0.15, 0.2) is 47.6 Å². The smallest absolute Gasteiger partial charge is 0.222 e. The zero-order chi connectivity index (χ0) is 20.8. The summed E-state index contributed by atoms with van der Waals surface area (Å²) in [5.74, 6) is 0.923. The van der Waals surface area contributed by atoms with Gasteiger partial charge in [0.25, 0.3) is 0 Å². The maximum absolute atomic E-state index is 13.5. The largest absolute Gasteiger partial charge is 0.493 e. The van der Waals surface area contributed by atoms with E-state index in [9.17, 15) is 9.18 Å². The van der Waals surface area contributed by atoms with E-state index < -0.39 is 0 Å². The Kier molecular flexibility index (Phi) is 6.69. The van der Waals surface area contributed by atoms with Crippen molar-refractivity contribution in [3.63, 3.8) is 0 Å². The molecule has 1 atom stereocenters. The fourth-order valence-corrected chi connectivity index (χ4v) is 3.29. The van der Waals surface area contributed by atoms with Crippen molar-refractivity contribution in [1.29, 1.82) is 0 Å². The summed E-state index contributed by atoms with van der Waals surface area (Å²) < 4.78 is 24.1. The van der Waals surface area contributed by atoms with Crippen LogP contribution in [0.1, 0.15) is 30.9 Å². The van der Waals surface area contributed by atoms with Gasteiger partial charge >= 0.3 is 0 Å². The highest BCUT2D eigenvalue weighted by Gasteiger charge is 2.27. The zero-order valence-corrected chi connectivity index (χ0v) is 16.9. The number of amides is 1. The molecule has 1 heterocycles. The predicted octanol–water partition coefficient (Wildman–Crippen LogP) is 3.77. The van der Waals surface area contributed by atoms with Crippen LogP contribution in [0.3, 0.4) is 0 Å². The third-order valence-corrected chi connectivity index (χ3v) is 4.79. The average molecular weight is 400 g/mol. The fourth-order valence-electron chi connectivity index (χ4n) is 3.29. The number of oxime groups is 1. The lowest BCUT2D eigenvalue weighted by Crippen LogP contribution is -2.36. The first-order chi connectivity index (χ1) is 14.0. The second-order valence-electron chi connectivity index (χ2n) is 6.80. The third-order valence-electron chi connectivity index (χ3n) is 4.79. The highest BCUT2D eigenvalue weighted by atomic mass is 19.1. The Labute approximate surface area is 169 Å². The van der Waals surface area contributed by atoms with Crippen LogP contribution in [0, 0.1) is 5.82 Å². The van der Waals surface area contributed by atoms with Gasteiger partial charge in [0.1, 0.15) is 5.82 Å². The molecule has 3 rings (SSSR count). The van der Waals surface area contributed by atoms with Crippen molar-refractivity contribution in [3.05, 3.63) is 59.4 Å². The molecule has 0 radical (unpaired) electrons. The van der Waals surface area contributed by atoms with Gasteiger partial charge in [-0.1, -0.05) is 24.2 Å². The molecule has 6 nitrogen and oxygen atoms in total.